The van der Waals surface area contributed by atoms with Crippen LogP contribution in [-0.2, 0) is 0 Å². The van der Waals surface area contributed by atoms with Gasteiger partial charge in [-0.3, -0.25) is 0 Å². The lowest BCUT2D eigenvalue weighted by molar-refractivity contribution is 0.869. The Morgan fingerprint density at radius 3 is 2.62 bits per heavy atom. The Hall–Kier alpha value is -1.00. The van der Waals surface area contributed by atoms with E-state index in [1.54, 1.807) is 0 Å². The van der Waals surface area contributed by atoms with Gasteiger partial charge in [0.15, 0.2) is 0 Å². The van der Waals surface area contributed by atoms with Crippen molar-refractivity contribution in [1.82, 2.24) is 0 Å². The normalized spacial score (nSPS) is 10.6. The molecule has 0 heterocycles. The number of hydrogen-bond acceptors (Lipinski definition) is 0. The summed E-state index contributed by atoms with van der Waals surface area (Å²) in [7, 11) is 0. The van der Waals surface area contributed by atoms with E-state index in [2.05, 4.69) is 43.0 Å². The SMILES string of the molecule is CC=CC=CCCCC=C=CCC. The van der Waals surface area contributed by atoms with Gasteiger partial charge in [0.2, 0.25) is 0 Å². The van der Waals surface area contributed by atoms with Crippen LogP contribution in [0.15, 0.2) is 42.2 Å². The smallest absolute Gasteiger partial charge is 0.0272 e. The van der Waals surface area contributed by atoms with Crippen LogP contribution in [0.2, 0.25) is 0 Å². The molecule has 72 valence electrons. The quantitative estimate of drug-likeness (QED) is 0.319. The maximum atomic E-state index is 3.15. The van der Waals surface area contributed by atoms with Gasteiger partial charge < -0.3 is 0 Å². The van der Waals surface area contributed by atoms with E-state index in [1.165, 1.54) is 6.42 Å². The molecule has 0 amide bonds. The summed E-state index contributed by atoms with van der Waals surface area (Å²) in [6.45, 7) is 4.16. The predicted molar refractivity (Wildman–Crippen MR) is 60.7 cm³/mol. The fraction of sp³-hybridized carbons (Fsp3) is 0.462. The average molecular weight is 176 g/mol. The van der Waals surface area contributed by atoms with Crippen LogP contribution >= 0.6 is 0 Å². The third kappa shape index (κ3) is 11.0. The summed E-state index contributed by atoms with van der Waals surface area (Å²) in [6.07, 6.45) is 17.2. The van der Waals surface area contributed by atoms with Gasteiger partial charge >= 0.3 is 0 Å². The molecular formula is C13H20. The molecule has 0 heteroatoms. The van der Waals surface area contributed by atoms with E-state index in [0.717, 1.165) is 19.3 Å². The Morgan fingerprint density at radius 1 is 1.08 bits per heavy atom. The van der Waals surface area contributed by atoms with Crippen LogP contribution in [0.25, 0.3) is 0 Å². The van der Waals surface area contributed by atoms with E-state index in [4.69, 9.17) is 0 Å². The molecule has 0 aromatic carbocycles. The first-order chi connectivity index (χ1) is 6.41. The molecule has 0 aromatic rings. The molecule has 0 spiro atoms. The maximum absolute atomic E-state index is 3.15. The molecule has 0 aliphatic carbocycles. The van der Waals surface area contributed by atoms with Crippen LogP contribution in [0.5, 0.6) is 0 Å². The molecule has 0 saturated heterocycles. The molecule has 0 nitrogen and oxygen atoms in total. The van der Waals surface area contributed by atoms with Crippen LogP contribution in [0.1, 0.15) is 39.5 Å². The maximum Gasteiger partial charge on any atom is -0.0272 e. The van der Waals surface area contributed by atoms with E-state index in [9.17, 15) is 0 Å². The van der Waals surface area contributed by atoms with Crippen LogP contribution in [0, 0.1) is 0 Å². The molecule has 0 N–H and O–H groups in total. The minimum absolute atomic E-state index is 1.08. The monoisotopic (exact) mass is 176 g/mol. The minimum atomic E-state index is 1.08. The molecular weight excluding hydrogens is 156 g/mol. The zero-order chi connectivity index (χ0) is 9.78. The molecule has 0 bridgehead atoms. The molecule has 0 aliphatic rings. The van der Waals surface area contributed by atoms with Crippen LogP contribution in [0.3, 0.4) is 0 Å². The molecule has 0 saturated carbocycles. The molecule has 0 fully saturated rings. The summed E-state index contributed by atoms with van der Waals surface area (Å²) in [6, 6.07) is 0. The lowest BCUT2D eigenvalue weighted by Gasteiger charge is -1.86. The first-order valence-electron chi connectivity index (χ1n) is 5.09. The lowest BCUT2D eigenvalue weighted by Crippen LogP contribution is -1.67. The predicted octanol–water partition coefficient (Wildman–Crippen LogP) is 4.41. The highest BCUT2D eigenvalue weighted by Crippen LogP contribution is 1.97. The third-order valence-electron chi connectivity index (χ3n) is 1.60. The van der Waals surface area contributed by atoms with Crippen molar-refractivity contribution in [2.45, 2.75) is 39.5 Å². The van der Waals surface area contributed by atoms with Crippen molar-refractivity contribution in [1.29, 1.82) is 0 Å². The summed E-state index contributed by atoms with van der Waals surface area (Å²) in [5, 5.41) is 0. The van der Waals surface area contributed by atoms with Crippen molar-refractivity contribution >= 4 is 0 Å². The number of hydrogen-bond donors (Lipinski definition) is 0. The van der Waals surface area contributed by atoms with Crippen LogP contribution < -0.4 is 0 Å². The Labute approximate surface area is 82.4 Å². The first kappa shape index (κ1) is 12.0. The van der Waals surface area contributed by atoms with E-state index in [1.807, 2.05) is 13.0 Å². The van der Waals surface area contributed by atoms with E-state index in [-0.39, 0.29) is 0 Å². The van der Waals surface area contributed by atoms with Crippen molar-refractivity contribution in [3.05, 3.63) is 42.2 Å². The highest BCUT2D eigenvalue weighted by atomic mass is 13.8. The molecule has 13 heavy (non-hydrogen) atoms. The standard InChI is InChI=1S/C13H20/c1-3-5-7-9-11-13-12-10-8-6-4-2/h3,5-7,9-10H,4,11-13H2,1-2H3. The number of rotatable bonds is 6. The van der Waals surface area contributed by atoms with Gasteiger partial charge in [0.1, 0.15) is 0 Å². The largest absolute Gasteiger partial charge is 0.130 e. The zero-order valence-corrected chi connectivity index (χ0v) is 8.79. The first-order valence-corrected chi connectivity index (χ1v) is 5.09. The van der Waals surface area contributed by atoms with Crippen LogP contribution in [0.4, 0.5) is 0 Å². The third-order valence-corrected chi connectivity index (χ3v) is 1.60. The zero-order valence-electron chi connectivity index (χ0n) is 8.79. The molecule has 0 aliphatic heterocycles. The fourth-order valence-electron chi connectivity index (χ4n) is 0.908. The molecule has 0 aromatic heterocycles. The Balaban J connectivity index is 3.31. The number of unbranched alkanes of at least 4 members (excludes halogenated alkanes) is 2. The Morgan fingerprint density at radius 2 is 1.92 bits per heavy atom. The molecule has 0 rings (SSSR count). The second-order valence-electron chi connectivity index (χ2n) is 2.87. The van der Waals surface area contributed by atoms with E-state index in [0.29, 0.717) is 0 Å². The topological polar surface area (TPSA) is 0 Å². The second kappa shape index (κ2) is 11.0. The van der Waals surface area contributed by atoms with Gasteiger partial charge in [-0.1, -0.05) is 31.2 Å². The summed E-state index contributed by atoms with van der Waals surface area (Å²) < 4.78 is 0. The summed E-state index contributed by atoms with van der Waals surface area (Å²) in [4.78, 5) is 0. The molecule has 0 atom stereocenters. The highest BCUT2D eigenvalue weighted by molar-refractivity contribution is 5.00. The van der Waals surface area contributed by atoms with Crippen molar-refractivity contribution < 1.29 is 0 Å². The van der Waals surface area contributed by atoms with Crippen molar-refractivity contribution in [2.75, 3.05) is 0 Å². The van der Waals surface area contributed by atoms with Gasteiger partial charge in [-0.2, -0.15) is 0 Å². The molecule has 0 radical (unpaired) electrons. The Bertz CT molecular complexity index is 200. The van der Waals surface area contributed by atoms with Crippen molar-refractivity contribution in [3.8, 4) is 0 Å². The van der Waals surface area contributed by atoms with Gasteiger partial charge in [0, 0.05) is 0 Å². The lowest BCUT2D eigenvalue weighted by atomic mass is 10.2. The highest BCUT2D eigenvalue weighted by Gasteiger charge is 1.77. The number of allylic oxidation sites excluding steroid dienone is 5. The fourth-order valence-corrected chi connectivity index (χ4v) is 0.908. The van der Waals surface area contributed by atoms with Crippen LogP contribution in [-0.4, -0.2) is 0 Å². The van der Waals surface area contributed by atoms with Gasteiger partial charge in [-0.15, -0.1) is 5.73 Å². The van der Waals surface area contributed by atoms with Gasteiger partial charge in [-0.25, -0.2) is 0 Å². The van der Waals surface area contributed by atoms with Gasteiger partial charge in [0.05, 0.1) is 0 Å². The van der Waals surface area contributed by atoms with E-state index >= 15 is 0 Å². The second-order valence-corrected chi connectivity index (χ2v) is 2.87. The average Bonchev–Trinajstić information content (AvgIpc) is 2.16. The van der Waals surface area contributed by atoms with E-state index < -0.39 is 0 Å². The summed E-state index contributed by atoms with van der Waals surface area (Å²) >= 11 is 0. The van der Waals surface area contributed by atoms with Crippen molar-refractivity contribution in [2.24, 2.45) is 0 Å². The molecule has 0 unspecified atom stereocenters. The minimum Gasteiger partial charge on any atom is -0.130 e. The summed E-state index contributed by atoms with van der Waals surface area (Å²) in [5.41, 5.74) is 3.15. The van der Waals surface area contributed by atoms with Crippen molar-refractivity contribution in [3.63, 3.8) is 0 Å². The van der Waals surface area contributed by atoms with Gasteiger partial charge in [0.25, 0.3) is 0 Å². The van der Waals surface area contributed by atoms with Gasteiger partial charge in [-0.05, 0) is 44.8 Å². The summed E-state index contributed by atoms with van der Waals surface area (Å²) in [5.74, 6) is 0. The Kier molecular flexibility index (Phi) is 10.2.